The van der Waals surface area contributed by atoms with Gasteiger partial charge in [0.2, 0.25) is 11.8 Å². The second kappa shape index (κ2) is 10.9. The number of hydrogen-bond acceptors (Lipinski definition) is 4. The van der Waals surface area contributed by atoms with Crippen molar-refractivity contribution in [1.82, 2.24) is 10.6 Å². The van der Waals surface area contributed by atoms with Crippen LogP contribution in [0.2, 0.25) is 0 Å². The Kier molecular flexibility index (Phi) is 8.21. The fourth-order valence-corrected chi connectivity index (χ4v) is 2.92. The van der Waals surface area contributed by atoms with E-state index in [0.717, 1.165) is 11.1 Å². The molecule has 2 amide bonds. The number of amides is 2. The fraction of sp³-hybridized carbons (Fsp3) is 0.318. The van der Waals surface area contributed by atoms with Gasteiger partial charge in [-0.3, -0.25) is 9.59 Å². The lowest BCUT2D eigenvalue weighted by Gasteiger charge is -2.22. The van der Waals surface area contributed by atoms with E-state index in [1.165, 1.54) is 14.0 Å². The van der Waals surface area contributed by atoms with Gasteiger partial charge in [0.25, 0.3) is 0 Å². The minimum atomic E-state index is -0.787. The number of esters is 1. The highest BCUT2D eigenvalue weighted by molar-refractivity contribution is 5.90. The summed E-state index contributed by atoms with van der Waals surface area (Å²) in [6, 6.07) is 17.5. The Morgan fingerprint density at radius 3 is 1.96 bits per heavy atom. The second-order valence-electron chi connectivity index (χ2n) is 6.55. The summed E-state index contributed by atoms with van der Waals surface area (Å²) in [4.78, 5) is 36.5. The number of rotatable bonds is 9. The molecule has 0 unspecified atom stereocenters. The summed E-state index contributed by atoms with van der Waals surface area (Å²) in [6.07, 6.45) is 1.35. The van der Waals surface area contributed by atoms with Gasteiger partial charge in [-0.1, -0.05) is 60.7 Å². The van der Waals surface area contributed by atoms with Gasteiger partial charge in [-0.15, -0.1) is 0 Å². The van der Waals surface area contributed by atoms with Gasteiger partial charge in [0.1, 0.15) is 12.1 Å². The van der Waals surface area contributed by atoms with Crippen molar-refractivity contribution >= 4 is 17.8 Å². The minimum Gasteiger partial charge on any atom is -0.467 e. The lowest BCUT2D eigenvalue weighted by atomic mass is 10.0. The van der Waals surface area contributed by atoms with Crippen LogP contribution in [0.25, 0.3) is 0 Å². The molecule has 0 aliphatic rings. The lowest BCUT2D eigenvalue weighted by Crippen LogP contribution is -2.52. The second-order valence-corrected chi connectivity index (χ2v) is 6.55. The SMILES string of the molecule is COC(=O)[C@@H](CCc1ccccc1)NC(=O)[C@@H](Cc1ccccc1)NC(C)=O. The van der Waals surface area contributed by atoms with Gasteiger partial charge in [-0.25, -0.2) is 4.79 Å². The molecule has 2 aromatic rings. The smallest absolute Gasteiger partial charge is 0.328 e. The number of hydrogen-bond donors (Lipinski definition) is 2. The summed E-state index contributed by atoms with van der Waals surface area (Å²) in [5.74, 6) is -1.23. The average Bonchev–Trinajstić information content (AvgIpc) is 2.71. The highest BCUT2D eigenvalue weighted by Crippen LogP contribution is 2.08. The van der Waals surface area contributed by atoms with Crippen molar-refractivity contribution in [3.63, 3.8) is 0 Å². The molecule has 0 radical (unpaired) electrons. The number of carbonyl (C=O) groups is 3. The molecule has 0 saturated heterocycles. The van der Waals surface area contributed by atoms with E-state index in [9.17, 15) is 14.4 Å². The maximum Gasteiger partial charge on any atom is 0.328 e. The van der Waals surface area contributed by atoms with Crippen LogP contribution in [0.15, 0.2) is 60.7 Å². The Hall–Kier alpha value is -3.15. The van der Waals surface area contributed by atoms with Gasteiger partial charge in [0.05, 0.1) is 7.11 Å². The molecule has 2 atom stereocenters. The van der Waals surface area contributed by atoms with Crippen molar-refractivity contribution in [2.75, 3.05) is 7.11 Å². The monoisotopic (exact) mass is 382 g/mol. The van der Waals surface area contributed by atoms with E-state index >= 15 is 0 Å². The molecular formula is C22H26N2O4. The van der Waals surface area contributed by atoms with Gasteiger partial charge in [-0.05, 0) is 24.0 Å². The first-order valence-corrected chi connectivity index (χ1v) is 9.22. The normalized spacial score (nSPS) is 12.5. The summed E-state index contributed by atoms with van der Waals surface area (Å²) in [5.41, 5.74) is 1.98. The van der Waals surface area contributed by atoms with Crippen molar-refractivity contribution in [2.45, 2.75) is 38.3 Å². The molecule has 6 nitrogen and oxygen atoms in total. The highest BCUT2D eigenvalue weighted by atomic mass is 16.5. The van der Waals surface area contributed by atoms with Gasteiger partial charge in [-0.2, -0.15) is 0 Å². The summed E-state index contributed by atoms with van der Waals surface area (Å²) in [6.45, 7) is 1.36. The average molecular weight is 382 g/mol. The molecule has 0 saturated carbocycles. The Balaban J connectivity index is 2.06. The van der Waals surface area contributed by atoms with E-state index in [-0.39, 0.29) is 5.91 Å². The molecule has 0 heterocycles. The molecule has 0 bridgehead atoms. The standard InChI is InChI=1S/C22H26N2O4/c1-16(25)23-20(15-18-11-7-4-8-12-18)21(26)24-19(22(27)28-2)14-13-17-9-5-3-6-10-17/h3-12,19-20H,13-15H2,1-2H3,(H,23,25)(H,24,26)/t19-,20-/m1/s1. The summed E-state index contributed by atoms with van der Waals surface area (Å²) >= 11 is 0. The lowest BCUT2D eigenvalue weighted by molar-refractivity contribution is -0.145. The summed E-state index contributed by atoms with van der Waals surface area (Å²) in [5, 5.41) is 5.40. The maximum atomic E-state index is 12.8. The van der Waals surface area contributed by atoms with Crippen LogP contribution < -0.4 is 10.6 Å². The fourth-order valence-electron chi connectivity index (χ4n) is 2.92. The van der Waals surface area contributed by atoms with E-state index in [4.69, 9.17) is 4.74 Å². The third-order valence-corrected chi connectivity index (χ3v) is 4.34. The molecule has 0 spiro atoms. The van der Waals surface area contributed by atoms with Crippen LogP contribution in [-0.4, -0.2) is 37.0 Å². The van der Waals surface area contributed by atoms with Crippen LogP contribution in [0.5, 0.6) is 0 Å². The third kappa shape index (κ3) is 6.87. The van der Waals surface area contributed by atoms with Crippen molar-refractivity contribution < 1.29 is 19.1 Å². The Bertz CT molecular complexity index is 778. The molecule has 2 N–H and O–H groups in total. The molecule has 0 fully saturated rings. The van der Waals surface area contributed by atoms with Gasteiger partial charge in [0.15, 0.2) is 0 Å². The van der Waals surface area contributed by atoms with Crippen molar-refractivity contribution in [3.05, 3.63) is 71.8 Å². The zero-order valence-electron chi connectivity index (χ0n) is 16.2. The van der Waals surface area contributed by atoms with E-state index in [0.29, 0.717) is 19.3 Å². The first-order chi connectivity index (χ1) is 13.5. The number of carbonyl (C=O) groups excluding carboxylic acids is 3. The van der Waals surface area contributed by atoms with E-state index in [1.807, 2.05) is 60.7 Å². The predicted octanol–water partition coefficient (Wildman–Crippen LogP) is 2.02. The summed E-state index contributed by atoms with van der Waals surface area (Å²) in [7, 11) is 1.29. The van der Waals surface area contributed by atoms with Gasteiger partial charge in [0, 0.05) is 13.3 Å². The first kappa shape index (κ1) is 21.2. The van der Waals surface area contributed by atoms with Crippen LogP contribution in [0, 0.1) is 0 Å². The number of aryl methyl sites for hydroxylation is 1. The number of ether oxygens (including phenoxy) is 1. The van der Waals surface area contributed by atoms with Gasteiger partial charge >= 0.3 is 5.97 Å². The van der Waals surface area contributed by atoms with Crippen LogP contribution in [0.1, 0.15) is 24.5 Å². The van der Waals surface area contributed by atoms with Crippen LogP contribution in [-0.2, 0) is 32.0 Å². The van der Waals surface area contributed by atoms with E-state index in [1.54, 1.807) is 0 Å². The van der Waals surface area contributed by atoms with Crippen LogP contribution in [0.3, 0.4) is 0 Å². The molecule has 28 heavy (non-hydrogen) atoms. The highest BCUT2D eigenvalue weighted by Gasteiger charge is 2.26. The molecular weight excluding hydrogens is 356 g/mol. The molecule has 2 rings (SSSR count). The number of benzene rings is 2. The van der Waals surface area contributed by atoms with E-state index < -0.39 is 24.0 Å². The maximum absolute atomic E-state index is 12.8. The topological polar surface area (TPSA) is 84.5 Å². The van der Waals surface area contributed by atoms with Crippen molar-refractivity contribution in [2.24, 2.45) is 0 Å². The van der Waals surface area contributed by atoms with Crippen molar-refractivity contribution in [1.29, 1.82) is 0 Å². The van der Waals surface area contributed by atoms with Gasteiger partial charge < -0.3 is 15.4 Å². The Morgan fingerprint density at radius 2 is 1.43 bits per heavy atom. The van der Waals surface area contributed by atoms with Crippen LogP contribution >= 0.6 is 0 Å². The molecule has 6 heteroatoms. The quantitative estimate of drug-likeness (QED) is 0.650. The molecule has 148 valence electrons. The Morgan fingerprint density at radius 1 is 0.857 bits per heavy atom. The zero-order valence-corrected chi connectivity index (χ0v) is 16.2. The molecule has 0 aliphatic heterocycles. The van der Waals surface area contributed by atoms with E-state index in [2.05, 4.69) is 10.6 Å². The summed E-state index contributed by atoms with van der Waals surface area (Å²) < 4.78 is 4.84. The third-order valence-electron chi connectivity index (χ3n) is 4.34. The zero-order chi connectivity index (χ0) is 20.4. The van der Waals surface area contributed by atoms with Crippen molar-refractivity contribution in [3.8, 4) is 0 Å². The first-order valence-electron chi connectivity index (χ1n) is 9.22. The predicted molar refractivity (Wildman–Crippen MR) is 106 cm³/mol. The Labute approximate surface area is 165 Å². The molecule has 0 aromatic heterocycles. The molecule has 0 aliphatic carbocycles. The number of nitrogens with one attached hydrogen (secondary N) is 2. The van der Waals surface area contributed by atoms with Crippen LogP contribution in [0.4, 0.5) is 0 Å². The number of methoxy groups -OCH3 is 1. The molecule has 2 aromatic carbocycles. The largest absolute Gasteiger partial charge is 0.467 e. The minimum absolute atomic E-state index is 0.310.